The standard InChI is InChI=1S/C22H30N2O2/c1-6-24(15-18-10-8-7-9-11-18)21(25)23-16-26-20-13-12-17(2)14-19(20)22(3,4)5/h7-14H,6,15-16H2,1-5H3,(H,23,25). The monoisotopic (exact) mass is 354 g/mol. The van der Waals surface area contributed by atoms with Crippen molar-refractivity contribution < 1.29 is 9.53 Å². The van der Waals surface area contributed by atoms with Crippen LogP contribution in [0.4, 0.5) is 4.79 Å². The first-order valence-electron chi connectivity index (χ1n) is 9.12. The fourth-order valence-electron chi connectivity index (χ4n) is 2.77. The van der Waals surface area contributed by atoms with Gasteiger partial charge in [0.25, 0.3) is 0 Å². The Hall–Kier alpha value is -2.49. The maximum Gasteiger partial charge on any atom is 0.320 e. The second-order valence-electron chi connectivity index (χ2n) is 7.52. The first-order valence-corrected chi connectivity index (χ1v) is 9.12. The Morgan fingerprint density at radius 1 is 1.12 bits per heavy atom. The minimum atomic E-state index is -0.124. The maximum absolute atomic E-state index is 12.4. The summed E-state index contributed by atoms with van der Waals surface area (Å²) in [6.07, 6.45) is 0. The highest BCUT2D eigenvalue weighted by molar-refractivity contribution is 5.74. The number of hydrogen-bond acceptors (Lipinski definition) is 2. The van der Waals surface area contributed by atoms with Gasteiger partial charge in [-0.25, -0.2) is 4.79 Å². The van der Waals surface area contributed by atoms with Crippen LogP contribution in [-0.2, 0) is 12.0 Å². The molecule has 1 N–H and O–H groups in total. The minimum absolute atomic E-state index is 0.0197. The summed E-state index contributed by atoms with van der Waals surface area (Å²) in [5.74, 6) is 0.814. The summed E-state index contributed by atoms with van der Waals surface area (Å²) in [7, 11) is 0. The average molecular weight is 354 g/mol. The molecule has 0 atom stereocenters. The van der Waals surface area contributed by atoms with Crippen molar-refractivity contribution >= 4 is 6.03 Å². The van der Waals surface area contributed by atoms with E-state index in [0.717, 1.165) is 16.9 Å². The topological polar surface area (TPSA) is 41.6 Å². The normalized spacial score (nSPS) is 11.1. The predicted octanol–water partition coefficient (Wildman–Crippen LogP) is 4.86. The Morgan fingerprint density at radius 3 is 2.42 bits per heavy atom. The lowest BCUT2D eigenvalue weighted by Gasteiger charge is -2.25. The number of ether oxygens (including phenoxy) is 1. The minimum Gasteiger partial charge on any atom is -0.473 e. The van der Waals surface area contributed by atoms with Gasteiger partial charge >= 0.3 is 6.03 Å². The van der Waals surface area contributed by atoms with Crippen molar-refractivity contribution in [1.29, 1.82) is 0 Å². The first-order chi connectivity index (χ1) is 12.3. The Bertz CT molecular complexity index is 721. The molecule has 0 aliphatic rings. The van der Waals surface area contributed by atoms with Gasteiger partial charge in [-0.05, 0) is 36.5 Å². The molecule has 0 bridgehead atoms. The molecule has 0 spiro atoms. The van der Waals surface area contributed by atoms with Gasteiger partial charge in [-0.3, -0.25) is 0 Å². The van der Waals surface area contributed by atoms with E-state index in [1.165, 1.54) is 5.56 Å². The Morgan fingerprint density at radius 2 is 1.81 bits per heavy atom. The van der Waals surface area contributed by atoms with Crippen molar-refractivity contribution in [3.05, 3.63) is 65.2 Å². The number of benzene rings is 2. The second-order valence-corrected chi connectivity index (χ2v) is 7.52. The zero-order valence-corrected chi connectivity index (χ0v) is 16.5. The van der Waals surface area contributed by atoms with Gasteiger partial charge in [-0.1, -0.05) is 68.8 Å². The van der Waals surface area contributed by atoms with E-state index in [9.17, 15) is 4.79 Å². The molecule has 0 unspecified atom stereocenters. The van der Waals surface area contributed by atoms with Crippen molar-refractivity contribution in [2.45, 2.75) is 46.6 Å². The van der Waals surface area contributed by atoms with Crippen molar-refractivity contribution in [3.63, 3.8) is 0 Å². The van der Waals surface area contributed by atoms with Gasteiger partial charge in [-0.2, -0.15) is 0 Å². The summed E-state index contributed by atoms with van der Waals surface area (Å²) >= 11 is 0. The summed E-state index contributed by atoms with van der Waals surface area (Å²) in [4.78, 5) is 14.2. The van der Waals surface area contributed by atoms with Gasteiger partial charge in [0.15, 0.2) is 6.73 Å². The molecule has 0 aliphatic carbocycles. The van der Waals surface area contributed by atoms with Crippen molar-refractivity contribution in [2.75, 3.05) is 13.3 Å². The molecule has 0 heterocycles. The van der Waals surface area contributed by atoms with E-state index in [2.05, 4.69) is 39.1 Å². The lowest BCUT2D eigenvalue weighted by atomic mass is 9.85. The number of urea groups is 1. The summed E-state index contributed by atoms with van der Waals surface area (Å²) in [5, 5.41) is 2.86. The Labute approximate surface area is 157 Å². The third kappa shape index (κ3) is 5.51. The SMILES string of the molecule is CCN(Cc1ccccc1)C(=O)NCOc1ccc(C)cc1C(C)(C)C. The highest BCUT2D eigenvalue weighted by Gasteiger charge is 2.19. The molecule has 0 aliphatic heterocycles. The zero-order chi connectivity index (χ0) is 19.2. The van der Waals surface area contributed by atoms with Gasteiger partial charge < -0.3 is 15.0 Å². The number of hydrogen-bond donors (Lipinski definition) is 1. The number of nitrogens with one attached hydrogen (secondary N) is 1. The van der Waals surface area contributed by atoms with Crippen LogP contribution >= 0.6 is 0 Å². The Kier molecular flexibility index (Phi) is 6.67. The molecule has 2 aromatic carbocycles. The van der Waals surface area contributed by atoms with Crippen LogP contribution in [0.1, 0.15) is 44.4 Å². The van der Waals surface area contributed by atoms with Gasteiger partial charge in [0.1, 0.15) is 5.75 Å². The number of aryl methyl sites for hydroxylation is 1. The second kappa shape index (κ2) is 8.75. The maximum atomic E-state index is 12.4. The summed E-state index contributed by atoms with van der Waals surface area (Å²) in [6, 6.07) is 16.0. The number of amides is 2. The lowest BCUT2D eigenvalue weighted by molar-refractivity contribution is 0.184. The molecule has 0 fully saturated rings. The zero-order valence-electron chi connectivity index (χ0n) is 16.5. The van der Waals surface area contributed by atoms with Crippen LogP contribution < -0.4 is 10.1 Å². The van der Waals surface area contributed by atoms with Gasteiger partial charge in [0.2, 0.25) is 0 Å². The van der Waals surface area contributed by atoms with Gasteiger partial charge in [0, 0.05) is 13.1 Å². The largest absolute Gasteiger partial charge is 0.473 e. The highest BCUT2D eigenvalue weighted by atomic mass is 16.5. The first kappa shape index (κ1) is 19.8. The van der Waals surface area contributed by atoms with E-state index in [1.807, 2.05) is 49.4 Å². The molecule has 0 radical (unpaired) electrons. The van der Waals surface area contributed by atoms with Crippen LogP contribution in [0.3, 0.4) is 0 Å². The molecule has 0 aromatic heterocycles. The fourth-order valence-corrected chi connectivity index (χ4v) is 2.77. The van der Waals surface area contributed by atoms with Crippen LogP contribution in [0.15, 0.2) is 48.5 Å². The molecule has 26 heavy (non-hydrogen) atoms. The molecule has 4 heteroatoms. The quantitative estimate of drug-likeness (QED) is 0.753. The summed E-state index contributed by atoms with van der Waals surface area (Å²) in [5.41, 5.74) is 3.43. The van der Waals surface area contributed by atoms with Gasteiger partial charge in [-0.15, -0.1) is 0 Å². The molecule has 0 saturated heterocycles. The number of carbonyl (C=O) groups excluding carboxylic acids is 1. The van der Waals surface area contributed by atoms with Crippen molar-refractivity contribution in [2.24, 2.45) is 0 Å². The third-order valence-electron chi connectivity index (χ3n) is 4.28. The molecule has 2 amide bonds. The van der Waals surface area contributed by atoms with Crippen molar-refractivity contribution in [1.82, 2.24) is 10.2 Å². The summed E-state index contributed by atoms with van der Waals surface area (Å²) < 4.78 is 5.88. The molecule has 2 aromatic rings. The number of nitrogens with zero attached hydrogens (tertiary/aromatic N) is 1. The number of rotatable bonds is 6. The molecular weight excluding hydrogens is 324 g/mol. The smallest absolute Gasteiger partial charge is 0.320 e. The van der Waals surface area contributed by atoms with E-state index >= 15 is 0 Å². The molecule has 140 valence electrons. The van der Waals surface area contributed by atoms with Crippen LogP contribution in [0.25, 0.3) is 0 Å². The average Bonchev–Trinajstić information content (AvgIpc) is 2.60. The van der Waals surface area contributed by atoms with Crippen LogP contribution in [0, 0.1) is 6.92 Å². The molecular formula is C22H30N2O2. The molecule has 0 saturated carbocycles. The van der Waals surface area contributed by atoms with E-state index in [-0.39, 0.29) is 18.2 Å². The lowest BCUT2D eigenvalue weighted by Crippen LogP contribution is -2.41. The summed E-state index contributed by atoms with van der Waals surface area (Å²) in [6.45, 7) is 11.9. The van der Waals surface area contributed by atoms with Crippen LogP contribution in [0.2, 0.25) is 0 Å². The fraction of sp³-hybridized carbons (Fsp3) is 0.409. The predicted molar refractivity (Wildman–Crippen MR) is 106 cm³/mol. The molecule has 2 rings (SSSR count). The van der Waals surface area contributed by atoms with Crippen molar-refractivity contribution in [3.8, 4) is 5.75 Å². The van der Waals surface area contributed by atoms with Gasteiger partial charge in [0.05, 0.1) is 0 Å². The van der Waals surface area contributed by atoms with Crippen LogP contribution in [-0.4, -0.2) is 24.2 Å². The van der Waals surface area contributed by atoms with Crippen LogP contribution in [0.5, 0.6) is 5.75 Å². The van der Waals surface area contributed by atoms with E-state index < -0.39 is 0 Å². The molecule has 4 nitrogen and oxygen atoms in total. The van der Waals surface area contributed by atoms with E-state index in [1.54, 1.807) is 4.90 Å². The number of carbonyl (C=O) groups is 1. The Balaban J connectivity index is 1.95. The van der Waals surface area contributed by atoms with E-state index in [0.29, 0.717) is 13.1 Å². The third-order valence-corrected chi connectivity index (χ3v) is 4.28. The van der Waals surface area contributed by atoms with E-state index in [4.69, 9.17) is 4.74 Å². The highest BCUT2D eigenvalue weighted by Crippen LogP contribution is 2.31.